The summed E-state index contributed by atoms with van der Waals surface area (Å²) in [5, 5.41) is 9.95. The average molecular weight is 324 g/mol. The molecule has 1 saturated heterocycles. The van der Waals surface area contributed by atoms with Gasteiger partial charge in [0.2, 0.25) is 0 Å². The van der Waals surface area contributed by atoms with Crippen molar-refractivity contribution in [1.29, 1.82) is 0 Å². The van der Waals surface area contributed by atoms with Crippen molar-refractivity contribution in [1.82, 2.24) is 20.5 Å². The first-order valence-electron chi connectivity index (χ1n) is 8.25. The maximum atomic E-state index is 4.64. The minimum Gasteiger partial charge on any atom is -0.357 e. The van der Waals surface area contributed by atoms with Crippen molar-refractivity contribution < 1.29 is 0 Å². The third-order valence-electron chi connectivity index (χ3n) is 3.99. The summed E-state index contributed by atoms with van der Waals surface area (Å²) in [5.74, 6) is 1.62. The van der Waals surface area contributed by atoms with E-state index >= 15 is 0 Å². The summed E-state index contributed by atoms with van der Waals surface area (Å²) in [6.45, 7) is 13.6. The molecule has 5 nitrogen and oxygen atoms in total. The van der Waals surface area contributed by atoms with E-state index < -0.39 is 0 Å². The van der Waals surface area contributed by atoms with Gasteiger partial charge in [-0.3, -0.25) is 0 Å². The molecule has 2 heterocycles. The number of rotatable bonds is 6. The zero-order chi connectivity index (χ0) is 15.9. The molecular formula is C16H29N5S. The van der Waals surface area contributed by atoms with Crippen molar-refractivity contribution >= 4 is 17.3 Å². The van der Waals surface area contributed by atoms with E-state index in [-0.39, 0.29) is 0 Å². The van der Waals surface area contributed by atoms with E-state index in [0.29, 0.717) is 18.5 Å². The third kappa shape index (κ3) is 5.25. The van der Waals surface area contributed by atoms with Crippen molar-refractivity contribution in [3.63, 3.8) is 0 Å². The minimum atomic E-state index is 0.649. The van der Waals surface area contributed by atoms with E-state index in [2.05, 4.69) is 51.7 Å². The van der Waals surface area contributed by atoms with Crippen LogP contribution in [0.2, 0.25) is 0 Å². The molecule has 6 heteroatoms. The van der Waals surface area contributed by atoms with Gasteiger partial charge in [-0.05, 0) is 46.6 Å². The van der Waals surface area contributed by atoms with Crippen molar-refractivity contribution in [2.45, 2.75) is 46.7 Å². The highest BCUT2D eigenvalue weighted by Gasteiger charge is 2.23. The van der Waals surface area contributed by atoms with Gasteiger partial charge in [0.05, 0.1) is 6.54 Å². The van der Waals surface area contributed by atoms with Gasteiger partial charge in [-0.15, -0.1) is 11.3 Å². The summed E-state index contributed by atoms with van der Waals surface area (Å²) >= 11 is 1.68. The molecule has 1 aromatic heterocycles. The minimum absolute atomic E-state index is 0.649. The van der Waals surface area contributed by atoms with Gasteiger partial charge in [-0.1, -0.05) is 0 Å². The SMILES string of the molecule is CCNC(=NCc1nc(C)cs1)NC[C@@H]1CCN(C(C)C)C1. The van der Waals surface area contributed by atoms with Crippen molar-refractivity contribution in [3.05, 3.63) is 16.1 Å². The van der Waals surface area contributed by atoms with Gasteiger partial charge >= 0.3 is 0 Å². The zero-order valence-corrected chi connectivity index (χ0v) is 15.0. The van der Waals surface area contributed by atoms with Gasteiger partial charge in [0.1, 0.15) is 5.01 Å². The predicted octanol–water partition coefficient (Wildman–Crippen LogP) is 2.24. The molecule has 0 radical (unpaired) electrons. The summed E-state index contributed by atoms with van der Waals surface area (Å²) in [7, 11) is 0. The number of likely N-dealkylation sites (tertiary alicyclic amines) is 1. The lowest BCUT2D eigenvalue weighted by molar-refractivity contribution is 0.265. The van der Waals surface area contributed by atoms with Crippen molar-refractivity contribution in [2.24, 2.45) is 10.9 Å². The fourth-order valence-electron chi connectivity index (χ4n) is 2.70. The van der Waals surface area contributed by atoms with E-state index in [1.807, 2.05) is 6.92 Å². The fraction of sp³-hybridized carbons (Fsp3) is 0.750. The number of nitrogens with one attached hydrogen (secondary N) is 2. The fourth-order valence-corrected chi connectivity index (χ4v) is 3.40. The lowest BCUT2D eigenvalue weighted by Gasteiger charge is -2.20. The molecule has 1 aliphatic heterocycles. The second kappa shape index (κ2) is 8.48. The summed E-state index contributed by atoms with van der Waals surface area (Å²) in [6, 6.07) is 0.653. The van der Waals surface area contributed by atoms with Gasteiger partial charge in [-0.25, -0.2) is 9.98 Å². The van der Waals surface area contributed by atoms with E-state index in [1.165, 1.54) is 19.5 Å². The van der Waals surface area contributed by atoms with E-state index in [9.17, 15) is 0 Å². The highest BCUT2D eigenvalue weighted by molar-refractivity contribution is 7.09. The summed E-state index contributed by atoms with van der Waals surface area (Å²) < 4.78 is 0. The van der Waals surface area contributed by atoms with Crippen LogP contribution < -0.4 is 10.6 Å². The van der Waals surface area contributed by atoms with Crippen LogP contribution in [0.1, 0.15) is 37.9 Å². The topological polar surface area (TPSA) is 52.6 Å². The Labute approximate surface area is 138 Å². The van der Waals surface area contributed by atoms with E-state index in [4.69, 9.17) is 0 Å². The van der Waals surface area contributed by atoms with E-state index in [0.717, 1.165) is 29.8 Å². The van der Waals surface area contributed by atoms with Crippen LogP contribution in [0.3, 0.4) is 0 Å². The Morgan fingerprint density at radius 2 is 2.32 bits per heavy atom. The number of nitrogens with zero attached hydrogens (tertiary/aromatic N) is 3. The molecule has 0 amide bonds. The molecule has 2 N–H and O–H groups in total. The Kier molecular flexibility index (Phi) is 6.64. The quantitative estimate of drug-likeness (QED) is 0.623. The highest BCUT2D eigenvalue weighted by atomic mass is 32.1. The molecule has 1 aliphatic rings. The molecule has 2 rings (SSSR count). The molecule has 0 aliphatic carbocycles. The van der Waals surface area contributed by atoms with Crippen LogP contribution in [0, 0.1) is 12.8 Å². The molecule has 0 saturated carbocycles. The van der Waals surface area contributed by atoms with Gasteiger partial charge in [-0.2, -0.15) is 0 Å². The van der Waals surface area contributed by atoms with Crippen LogP contribution in [0.5, 0.6) is 0 Å². The second-order valence-corrected chi connectivity index (χ2v) is 7.14. The molecular weight excluding hydrogens is 294 g/mol. The molecule has 1 atom stereocenters. The Hall–Kier alpha value is -1.14. The molecule has 1 fully saturated rings. The summed E-state index contributed by atoms with van der Waals surface area (Å²) in [6.07, 6.45) is 1.27. The number of aryl methyl sites for hydroxylation is 1. The molecule has 1 aromatic rings. The highest BCUT2D eigenvalue weighted by Crippen LogP contribution is 2.17. The first-order chi connectivity index (χ1) is 10.6. The molecule has 0 aromatic carbocycles. The largest absolute Gasteiger partial charge is 0.357 e. The number of hydrogen-bond acceptors (Lipinski definition) is 4. The van der Waals surface area contributed by atoms with Crippen molar-refractivity contribution in [2.75, 3.05) is 26.2 Å². The lowest BCUT2D eigenvalue weighted by atomic mass is 10.1. The monoisotopic (exact) mass is 323 g/mol. The first-order valence-corrected chi connectivity index (χ1v) is 9.13. The summed E-state index contributed by atoms with van der Waals surface area (Å²) in [4.78, 5) is 11.7. The molecule has 0 bridgehead atoms. The maximum absolute atomic E-state index is 4.64. The molecule has 0 unspecified atom stereocenters. The van der Waals surface area contributed by atoms with Crippen LogP contribution in [0.4, 0.5) is 0 Å². The Morgan fingerprint density at radius 3 is 2.91 bits per heavy atom. The molecule has 124 valence electrons. The number of aliphatic imine (C=N–C) groups is 1. The van der Waals surface area contributed by atoms with Crippen LogP contribution in [0.15, 0.2) is 10.4 Å². The van der Waals surface area contributed by atoms with Crippen LogP contribution >= 0.6 is 11.3 Å². The second-order valence-electron chi connectivity index (χ2n) is 6.20. The lowest BCUT2D eigenvalue weighted by Crippen LogP contribution is -2.40. The standard InChI is InChI=1S/C16H29N5S/c1-5-17-16(19-9-15-20-13(4)11-22-15)18-8-14-6-7-21(10-14)12(2)3/h11-12,14H,5-10H2,1-4H3,(H2,17,18,19)/t14-/m0/s1. The Balaban J connectivity index is 1.81. The maximum Gasteiger partial charge on any atom is 0.191 e. The van der Waals surface area contributed by atoms with Crippen LogP contribution in [-0.2, 0) is 6.54 Å². The average Bonchev–Trinajstić information content (AvgIpc) is 3.11. The predicted molar refractivity (Wildman–Crippen MR) is 94.5 cm³/mol. The van der Waals surface area contributed by atoms with Gasteiger partial charge in [0, 0.05) is 36.8 Å². The normalized spacial score (nSPS) is 19.9. The first kappa shape index (κ1) is 17.2. The number of hydrogen-bond donors (Lipinski definition) is 2. The van der Waals surface area contributed by atoms with Crippen LogP contribution in [-0.4, -0.2) is 48.1 Å². The van der Waals surface area contributed by atoms with Gasteiger partial charge in [0.15, 0.2) is 5.96 Å². The Bertz CT molecular complexity index is 483. The smallest absolute Gasteiger partial charge is 0.191 e. The molecule has 22 heavy (non-hydrogen) atoms. The Morgan fingerprint density at radius 1 is 1.50 bits per heavy atom. The van der Waals surface area contributed by atoms with Gasteiger partial charge < -0.3 is 15.5 Å². The van der Waals surface area contributed by atoms with Crippen molar-refractivity contribution in [3.8, 4) is 0 Å². The zero-order valence-electron chi connectivity index (χ0n) is 14.2. The van der Waals surface area contributed by atoms with Crippen LogP contribution in [0.25, 0.3) is 0 Å². The van der Waals surface area contributed by atoms with Gasteiger partial charge in [0.25, 0.3) is 0 Å². The number of thiazole rings is 1. The third-order valence-corrected chi connectivity index (χ3v) is 4.94. The summed E-state index contributed by atoms with van der Waals surface area (Å²) in [5.41, 5.74) is 1.08. The number of guanidine groups is 1. The molecule has 0 spiro atoms. The van der Waals surface area contributed by atoms with E-state index in [1.54, 1.807) is 11.3 Å². The number of aromatic nitrogens is 1.